The number of nitrogens with zero attached hydrogens (tertiary/aromatic N) is 1. The molecule has 3 nitrogen and oxygen atoms in total. The highest BCUT2D eigenvalue weighted by molar-refractivity contribution is 5.73. The summed E-state index contributed by atoms with van der Waals surface area (Å²) in [7, 11) is 0. The minimum absolute atomic E-state index is 0.173. The molecule has 1 saturated heterocycles. The van der Waals surface area contributed by atoms with Gasteiger partial charge in [0, 0.05) is 32.0 Å². The van der Waals surface area contributed by atoms with Crippen LogP contribution in [0.3, 0.4) is 0 Å². The van der Waals surface area contributed by atoms with Crippen molar-refractivity contribution in [2.45, 2.75) is 38.6 Å². The van der Waals surface area contributed by atoms with Crippen molar-refractivity contribution < 1.29 is 9.90 Å². The number of hydrogen-bond donors (Lipinski definition) is 1. The average molecular weight is 197 g/mol. The molecule has 2 aliphatic rings. The van der Waals surface area contributed by atoms with Gasteiger partial charge in [-0.15, -0.1) is 0 Å². The van der Waals surface area contributed by atoms with Crippen LogP contribution < -0.4 is 0 Å². The van der Waals surface area contributed by atoms with Crippen LogP contribution in [-0.2, 0) is 4.79 Å². The van der Waals surface area contributed by atoms with Crippen molar-refractivity contribution in [1.29, 1.82) is 0 Å². The summed E-state index contributed by atoms with van der Waals surface area (Å²) in [6.07, 6.45) is 4.68. The molecule has 1 saturated carbocycles. The molecule has 0 spiro atoms. The summed E-state index contributed by atoms with van der Waals surface area (Å²) in [5.74, 6) is 1.21. The summed E-state index contributed by atoms with van der Waals surface area (Å²) < 4.78 is 0. The Bertz CT molecular complexity index is 225. The van der Waals surface area contributed by atoms with E-state index in [0.29, 0.717) is 17.9 Å². The predicted molar refractivity (Wildman–Crippen MR) is 53.7 cm³/mol. The summed E-state index contributed by atoms with van der Waals surface area (Å²) in [6.45, 7) is 2.78. The van der Waals surface area contributed by atoms with Gasteiger partial charge in [-0.25, -0.2) is 0 Å². The van der Waals surface area contributed by atoms with Gasteiger partial charge in [-0.3, -0.25) is 4.79 Å². The molecule has 80 valence electrons. The highest BCUT2D eigenvalue weighted by atomic mass is 16.3. The Balaban J connectivity index is 2.02. The number of rotatable bonds is 3. The van der Waals surface area contributed by atoms with Crippen molar-refractivity contribution in [3.63, 3.8) is 0 Å². The van der Waals surface area contributed by atoms with E-state index in [1.165, 1.54) is 12.8 Å². The molecule has 0 radical (unpaired) electrons. The molecule has 2 unspecified atom stereocenters. The van der Waals surface area contributed by atoms with Crippen molar-refractivity contribution >= 4 is 5.91 Å². The quantitative estimate of drug-likeness (QED) is 0.733. The van der Waals surface area contributed by atoms with Crippen LogP contribution in [0.1, 0.15) is 32.6 Å². The van der Waals surface area contributed by atoms with Gasteiger partial charge >= 0.3 is 0 Å². The van der Waals surface area contributed by atoms with Crippen LogP contribution >= 0.6 is 0 Å². The molecule has 2 rings (SSSR count). The molecule has 0 aromatic rings. The lowest BCUT2D eigenvalue weighted by molar-refractivity contribution is -0.131. The summed E-state index contributed by atoms with van der Waals surface area (Å²) in [5, 5.41) is 9.36. The van der Waals surface area contributed by atoms with Gasteiger partial charge in [0.2, 0.25) is 5.91 Å². The molecule has 2 fully saturated rings. The van der Waals surface area contributed by atoms with Gasteiger partial charge in [-0.1, -0.05) is 0 Å². The van der Waals surface area contributed by atoms with Gasteiger partial charge in [-0.2, -0.15) is 0 Å². The van der Waals surface area contributed by atoms with Crippen molar-refractivity contribution in [3.05, 3.63) is 0 Å². The van der Waals surface area contributed by atoms with E-state index in [2.05, 4.69) is 0 Å². The highest BCUT2D eigenvalue weighted by Gasteiger charge is 2.41. The fraction of sp³-hybridized carbons (Fsp3) is 0.909. The molecule has 1 heterocycles. The van der Waals surface area contributed by atoms with E-state index in [4.69, 9.17) is 0 Å². The van der Waals surface area contributed by atoms with Gasteiger partial charge in [0.15, 0.2) is 0 Å². The fourth-order valence-corrected chi connectivity index (χ4v) is 2.74. The third-order valence-electron chi connectivity index (χ3n) is 3.64. The molecule has 1 N–H and O–H groups in total. The molecule has 14 heavy (non-hydrogen) atoms. The van der Waals surface area contributed by atoms with Gasteiger partial charge in [0.05, 0.1) is 0 Å². The lowest BCUT2D eigenvalue weighted by Gasteiger charge is -2.30. The van der Waals surface area contributed by atoms with E-state index in [1.54, 1.807) is 6.92 Å². The minimum atomic E-state index is 0.173. The number of likely N-dealkylation sites (tertiary alicyclic amines) is 1. The number of hydrogen-bond acceptors (Lipinski definition) is 2. The topological polar surface area (TPSA) is 40.5 Å². The van der Waals surface area contributed by atoms with E-state index in [9.17, 15) is 9.90 Å². The zero-order valence-corrected chi connectivity index (χ0v) is 8.78. The van der Waals surface area contributed by atoms with Crippen LogP contribution in [0, 0.1) is 11.8 Å². The second-order valence-corrected chi connectivity index (χ2v) is 4.61. The summed E-state index contributed by atoms with van der Waals surface area (Å²) in [4.78, 5) is 13.3. The van der Waals surface area contributed by atoms with Crippen LogP contribution in [0.15, 0.2) is 0 Å². The van der Waals surface area contributed by atoms with Gasteiger partial charge < -0.3 is 10.0 Å². The van der Waals surface area contributed by atoms with E-state index >= 15 is 0 Å². The molecule has 2 atom stereocenters. The lowest BCUT2D eigenvalue weighted by Crippen LogP contribution is -2.41. The molecule has 0 aromatic carbocycles. The van der Waals surface area contributed by atoms with E-state index in [-0.39, 0.29) is 12.5 Å². The Kier molecular flexibility index (Phi) is 2.77. The first-order valence-electron chi connectivity index (χ1n) is 5.62. The standard InChI is InChI=1S/C11H19NO2/c1-8(14)12-6-2-3-11(12)10(7-13)9-4-5-9/h9-11,13H,2-7H2,1H3. The van der Waals surface area contributed by atoms with Crippen molar-refractivity contribution in [1.82, 2.24) is 4.90 Å². The normalized spacial score (nSPS) is 29.3. The first-order valence-corrected chi connectivity index (χ1v) is 5.62. The lowest BCUT2D eigenvalue weighted by atomic mass is 9.93. The maximum absolute atomic E-state index is 11.4. The van der Waals surface area contributed by atoms with Crippen molar-refractivity contribution in [2.24, 2.45) is 11.8 Å². The third kappa shape index (κ3) is 1.78. The Hall–Kier alpha value is -0.570. The zero-order valence-electron chi connectivity index (χ0n) is 8.78. The molecule has 1 aliphatic heterocycles. The van der Waals surface area contributed by atoms with E-state index in [1.807, 2.05) is 4.90 Å². The maximum Gasteiger partial charge on any atom is 0.219 e. The number of aliphatic hydroxyl groups is 1. The van der Waals surface area contributed by atoms with E-state index in [0.717, 1.165) is 19.4 Å². The van der Waals surface area contributed by atoms with Crippen LogP contribution in [-0.4, -0.2) is 35.1 Å². The van der Waals surface area contributed by atoms with Crippen LogP contribution in [0.4, 0.5) is 0 Å². The van der Waals surface area contributed by atoms with Crippen molar-refractivity contribution in [2.75, 3.05) is 13.2 Å². The molecule has 1 amide bonds. The first kappa shape index (κ1) is 9.97. The van der Waals surface area contributed by atoms with Gasteiger partial charge in [0.1, 0.15) is 0 Å². The smallest absolute Gasteiger partial charge is 0.219 e. The Morgan fingerprint density at radius 3 is 2.71 bits per heavy atom. The van der Waals surface area contributed by atoms with Crippen LogP contribution in [0.5, 0.6) is 0 Å². The molecule has 0 aromatic heterocycles. The summed E-state index contributed by atoms with van der Waals surface area (Å²) >= 11 is 0. The molecular weight excluding hydrogens is 178 g/mol. The first-order chi connectivity index (χ1) is 6.74. The second-order valence-electron chi connectivity index (χ2n) is 4.61. The van der Waals surface area contributed by atoms with Gasteiger partial charge in [0.25, 0.3) is 0 Å². The zero-order chi connectivity index (χ0) is 10.1. The number of amides is 1. The average Bonchev–Trinajstić information content (AvgIpc) is 2.84. The van der Waals surface area contributed by atoms with Crippen LogP contribution in [0.25, 0.3) is 0 Å². The number of carbonyl (C=O) groups excluding carboxylic acids is 1. The van der Waals surface area contributed by atoms with Crippen LogP contribution in [0.2, 0.25) is 0 Å². The number of aliphatic hydroxyl groups excluding tert-OH is 1. The molecule has 1 aliphatic carbocycles. The predicted octanol–water partition coefficient (Wildman–Crippen LogP) is 1.02. The van der Waals surface area contributed by atoms with Gasteiger partial charge in [-0.05, 0) is 31.6 Å². The second kappa shape index (κ2) is 3.89. The Morgan fingerprint density at radius 2 is 2.21 bits per heavy atom. The number of carbonyl (C=O) groups is 1. The summed E-state index contributed by atoms with van der Waals surface area (Å²) in [5.41, 5.74) is 0. The highest BCUT2D eigenvalue weighted by Crippen LogP contribution is 2.42. The summed E-state index contributed by atoms with van der Waals surface area (Å²) in [6, 6.07) is 0.324. The van der Waals surface area contributed by atoms with Crippen molar-refractivity contribution in [3.8, 4) is 0 Å². The SMILES string of the molecule is CC(=O)N1CCCC1C(CO)C1CC1. The molecule has 0 bridgehead atoms. The fourth-order valence-electron chi connectivity index (χ4n) is 2.74. The maximum atomic E-state index is 11.4. The molecule has 3 heteroatoms. The Morgan fingerprint density at radius 1 is 1.50 bits per heavy atom. The largest absolute Gasteiger partial charge is 0.396 e. The third-order valence-corrected chi connectivity index (χ3v) is 3.64. The minimum Gasteiger partial charge on any atom is -0.396 e. The van der Waals surface area contributed by atoms with E-state index < -0.39 is 0 Å². The molecular formula is C11H19NO2. The Labute approximate surface area is 85.1 Å². The monoisotopic (exact) mass is 197 g/mol.